The third-order valence-corrected chi connectivity index (χ3v) is 2.70. The molecule has 0 saturated carbocycles. The van der Waals surface area contributed by atoms with E-state index in [-0.39, 0.29) is 6.61 Å². The molecule has 0 aliphatic heterocycles. The van der Waals surface area contributed by atoms with Gasteiger partial charge >= 0.3 is 0 Å². The second kappa shape index (κ2) is 3.99. The first kappa shape index (κ1) is 9.99. The Bertz CT molecular complexity index is 647. The standard InChI is InChI=1S/C13H11N3O/c17-9-10-8-13(16-7-3-6-14-16)15-12-5-2-1-4-11(10)12/h1-8,17H,9H2. The summed E-state index contributed by atoms with van der Waals surface area (Å²) < 4.78 is 1.69. The SMILES string of the molecule is OCc1cc(-n2cccn2)nc2ccccc12. The predicted molar refractivity (Wildman–Crippen MR) is 64.8 cm³/mol. The Labute approximate surface area is 98.2 Å². The zero-order valence-electron chi connectivity index (χ0n) is 9.11. The van der Waals surface area contributed by atoms with Gasteiger partial charge in [0, 0.05) is 17.8 Å². The maximum absolute atomic E-state index is 9.40. The lowest BCUT2D eigenvalue weighted by Gasteiger charge is -2.07. The van der Waals surface area contributed by atoms with Gasteiger partial charge in [-0.1, -0.05) is 18.2 Å². The first-order valence-electron chi connectivity index (χ1n) is 5.38. The fraction of sp³-hybridized carbons (Fsp3) is 0.0769. The third-order valence-electron chi connectivity index (χ3n) is 2.70. The molecule has 1 N–H and O–H groups in total. The van der Waals surface area contributed by atoms with E-state index in [1.807, 2.05) is 42.6 Å². The maximum atomic E-state index is 9.40. The Balaban J connectivity index is 2.28. The average molecular weight is 225 g/mol. The number of rotatable bonds is 2. The lowest BCUT2D eigenvalue weighted by molar-refractivity contribution is 0.283. The highest BCUT2D eigenvalue weighted by Gasteiger charge is 2.05. The largest absolute Gasteiger partial charge is 0.392 e. The highest BCUT2D eigenvalue weighted by molar-refractivity contribution is 5.83. The molecule has 4 heteroatoms. The van der Waals surface area contributed by atoms with E-state index in [1.54, 1.807) is 10.9 Å². The van der Waals surface area contributed by atoms with E-state index in [4.69, 9.17) is 0 Å². The first-order valence-corrected chi connectivity index (χ1v) is 5.38. The van der Waals surface area contributed by atoms with Gasteiger partial charge < -0.3 is 5.11 Å². The molecular formula is C13H11N3O. The number of nitrogens with zero attached hydrogens (tertiary/aromatic N) is 3. The van der Waals surface area contributed by atoms with Crippen molar-refractivity contribution in [1.82, 2.24) is 14.8 Å². The zero-order chi connectivity index (χ0) is 11.7. The first-order chi connectivity index (χ1) is 8.38. The van der Waals surface area contributed by atoms with Crippen molar-refractivity contribution < 1.29 is 5.11 Å². The fourth-order valence-electron chi connectivity index (χ4n) is 1.88. The monoisotopic (exact) mass is 225 g/mol. The molecule has 0 radical (unpaired) electrons. The van der Waals surface area contributed by atoms with Crippen LogP contribution >= 0.6 is 0 Å². The van der Waals surface area contributed by atoms with E-state index < -0.39 is 0 Å². The van der Waals surface area contributed by atoms with Gasteiger partial charge in [-0.2, -0.15) is 5.10 Å². The predicted octanol–water partition coefficient (Wildman–Crippen LogP) is 1.91. The van der Waals surface area contributed by atoms with Crippen LogP contribution in [0.25, 0.3) is 16.7 Å². The molecular weight excluding hydrogens is 214 g/mol. The van der Waals surface area contributed by atoms with Crippen LogP contribution in [-0.2, 0) is 6.61 Å². The van der Waals surface area contributed by atoms with Crippen LogP contribution in [0.5, 0.6) is 0 Å². The minimum atomic E-state index is -0.00268. The number of aliphatic hydroxyl groups is 1. The van der Waals surface area contributed by atoms with Gasteiger partial charge in [0.2, 0.25) is 0 Å². The second-order valence-electron chi connectivity index (χ2n) is 3.77. The van der Waals surface area contributed by atoms with Crippen LogP contribution in [0.4, 0.5) is 0 Å². The Morgan fingerprint density at radius 2 is 2.06 bits per heavy atom. The van der Waals surface area contributed by atoms with Crippen molar-refractivity contribution in [2.45, 2.75) is 6.61 Å². The molecule has 4 nitrogen and oxygen atoms in total. The molecule has 3 aromatic rings. The highest BCUT2D eigenvalue weighted by atomic mass is 16.3. The zero-order valence-corrected chi connectivity index (χ0v) is 9.11. The van der Waals surface area contributed by atoms with Gasteiger partial charge in [0.15, 0.2) is 5.82 Å². The molecule has 0 saturated heterocycles. The molecule has 2 heterocycles. The van der Waals surface area contributed by atoms with Gasteiger partial charge in [0.1, 0.15) is 0 Å². The number of hydrogen-bond donors (Lipinski definition) is 1. The molecule has 0 amide bonds. The van der Waals surface area contributed by atoms with Crippen LogP contribution in [0, 0.1) is 0 Å². The average Bonchev–Trinajstić information content (AvgIpc) is 2.91. The van der Waals surface area contributed by atoms with Crippen molar-refractivity contribution in [3.05, 3.63) is 54.4 Å². The van der Waals surface area contributed by atoms with E-state index in [0.29, 0.717) is 0 Å². The van der Waals surface area contributed by atoms with Gasteiger partial charge in [-0.3, -0.25) is 0 Å². The van der Waals surface area contributed by atoms with Crippen LogP contribution < -0.4 is 0 Å². The normalized spacial score (nSPS) is 10.9. The number of para-hydroxylation sites is 1. The van der Waals surface area contributed by atoms with Gasteiger partial charge in [0.05, 0.1) is 12.1 Å². The van der Waals surface area contributed by atoms with Crippen molar-refractivity contribution in [2.24, 2.45) is 0 Å². The fourth-order valence-corrected chi connectivity index (χ4v) is 1.88. The minimum absolute atomic E-state index is 0.00268. The topological polar surface area (TPSA) is 50.9 Å². The summed E-state index contributed by atoms with van der Waals surface area (Å²) in [5.41, 5.74) is 1.73. The highest BCUT2D eigenvalue weighted by Crippen LogP contribution is 2.19. The number of aromatic nitrogens is 3. The van der Waals surface area contributed by atoms with Gasteiger partial charge in [-0.25, -0.2) is 9.67 Å². The summed E-state index contributed by atoms with van der Waals surface area (Å²) in [6.45, 7) is -0.00268. The molecule has 0 aliphatic rings. The molecule has 0 fully saturated rings. The van der Waals surface area contributed by atoms with E-state index >= 15 is 0 Å². The second-order valence-corrected chi connectivity index (χ2v) is 3.77. The van der Waals surface area contributed by atoms with Crippen LogP contribution in [0.15, 0.2) is 48.8 Å². The minimum Gasteiger partial charge on any atom is -0.392 e. The smallest absolute Gasteiger partial charge is 0.154 e. The maximum Gasteiger partial charge on any atom is 0.154 e. The van der Waals surface area contributed by atoms with Crippen molar-refractivity contribution in [1.29, 1.82) is 0 Å². The number of benzene rings is 1. The molecule has 0 unspecified atom stereocenters. The molecule has 3 rings (SSSR count). The van der Waals surface area contributed by atoms with Gasteiger partial charge in [-0.15, -0.1) is 0 Å². The number of pyridine rings is 1. The lowest BCUT2D eigenvalue weighted by Crippen LogP contribution is -2.00. The molecule has 0 atom stereocenters. The Morgan fingerprint density at radius 1 is 1.18 bits per heavy atom. The van der Waals surface area contributed by atoms with Crippen LogP contribution in [0.2, 0.25) is 0 Å². The Hall–Kier alpha value is -2.20. The summed E-state index contributed by atoms with van der Waals surface area (Å²) in [5.74, 6) is 0.720. The number of hydrogen-bond acceptors (Lipinski definition) is 3. The molecule has 0 aliphatic carbocycles. The molecule has 0 bridgehead atoms. The number of fused-ring (bicyclic) bond motifs is 1. The van der Waals surface area contributed by atoms with Crippen molar-refractivity contribution in [3.63, 3.8) is 0 Å². The molecule has 17 heavy (non-hydrogen) atoms. The molecule has 84 valence electrons. The summed E-state index contributed by atoms with van der Waals surface area (Å²) in [6.07, 6.45) is 3.54. The third kappa shape index (κ3) is 1.68. The van der Waals surface area contributed by atoms with Crippen LogP contribution in [-0.4, -0.2) is 19.9 Å². The molecule has 2 aromatic heterocycles. The van der Waals surface area contributed by atoms with Crippen LogP contribution in [0.3, 0.4) is 0 Å². The van der Waals surface area contributed by atoms with E-state index in [2.05, 4.69) is 10.1 Å². The summed E-state index contributed by atoms with van der Waals surface area (Å²) >= 11 is 0. The van der Waals surface area contributed by atoms with Gasteiger partial charge in [0.25, 0.3) is 0 Å². The van der Waals surface area contributed by atoms with E-state index in [0.717, 1.165) is 22.3 Å². The summed E-state index contributed by atoms with van der Waals surface area (Å²) in [7, 11) is 0. The van der Waals surface area contributed by atoms with E-state index in [9.17, 15) is 5.11 Å². The molecule has 0 spiro atoms. The Morgan fingerprint density at radius 3 is 2.82 bits per heavy atom. The number of aliphatic hydroxyl groups excluding tert-OH is 1. The lowest BCUT2D eigenvalue weighted by atomic mass is 10.1. The van der Waals surface area contributed by atoms with Crippen molar-refractivity contribution in [2.75, 3.05) is 0 Å². The van der Waals surface area contributed by atoms with Crippen molar-refractivity contribution in [3.8, 4) is 5.82 Å². The quantitative estimate of drug-likeness (QED) is 0.724. The van der Waals surface area contributed by atoms with Crippen LogP contribution in [0.1, 0.15) is 5.56 Å². The van der Waals surface area contributed by atoms with Gasteiger partial charge in [-0.05, 0) is 23.8 Å². The van der Waals surface area contributed by atoms with Crippen molar-refractivity contribution >= 4 is 10.9 Å². The van der Waals surface area contributed by atoms with E-state index in [1.165, 1.54) is 0 Å². The Kier molecular flexibility index (Phi) is 2.34. The molecule has 1 aromatic carbocycles. The summed E-state index contributed by atoms with van der Waals surface area (Å²) in [6, 6.07) is 11.5. The summed E-state index contributed by atoms with van der Waals surface area (Å²) in [4.78, 5) is 4.52. The summed E-state index contributed by atoms with van der Waals surface area (Å²) in [5, 5.41) is 14.5.